The van der Waals surface area contributed by atoms with Crippen LogP contribution >= 0.6 is 11.3 Å². The highest BCUT2D eigenvalue weighted by Gasteiger charge is 2.13. The summed E-state index contributed by atoms with van der Waals surface area (Å²) in [5.41, 5.74) is 5.72. The molecule has 2 heterocycles. The first-order chi connectivity index (χ1) is 14.3. The van der Waals surface area contributed by atoms with Crippen LogP contribution in [0.5, 0.6) is 11.5 Å². The Balaban J connectivity index is 1.45. The minimum Gasteiger partial charge on any atom is -0.454 e. The molecule has 5 rings (SSSR count). The molecule has 0 unspecified atom stereocenters. The molecule has 0 fully saturated rings. The predicted octanol–water partition coefficient (Wildman–Crippen LogP) is 4.73. The summed E-state index contributed by atoms with van der Waals surface area (Å²) in [5, 5.41) is 5.15. The minimum absolute atomic E-state index is 0.250. The zero-order valence-corrected chi connectivity index (χ0v) is 16.1. The Kier molecular flexibility index (Phi) is 4.63. The number of hydrazone groups is 1. The molecule has 7 heteroatoms. The third-order valence-electron chi connectivity index (χ3n) is 4.27. The number of rotatable bonds is 4. The number of hydrogen-bond acceptors (Lipinski definition) is 6. The summed E-state index contributed by atoms with van der Waals surface area (Å²) < 4.78 is 11.9. The fraction of sp³-hybridized carbons (Fsp3) is 0.0455. The molecule has 0 saturated heterocycles. The molecule has 1 aromatic heterocycles. The zero-order chi connectivity index (χ0) is 19.5. The van der Waals surface area contributed by atoms with Crippen molar-refractivity contribution < 1.29 is 9.47 Å². The van der Waals surface area contributed by atoms with Gasteiger partial charge in [-0.25, -0.2) is 9.98 Å². The van der Waals surface area contributed by atoms with E-state index in [4.69, 9.17) is 19.5 Å². The number of para-hydroxylation sites is 2. The summed E-state index contributed by atoms with van der Waals surface area (Å²) in [6, 6.07) is 23.4. The molecule has 1 N–H and O–H groups in total. The number of ether oxygens (including phenoxy) is 2. The lowest BCUT2D eigenvalue weighted by Gasteiger charge is -2.03. The third kappa shape index (κ3) is 3.81. The number of aromatic nitrogens is 1. The molecule has 142 valence electrons. The highest BCUT2D eigenvalue weighted by molar-refractivity contribution is 7.20. The van der Waals surface area contributed by atoms with Gasteiger partial charge in [0.25, 0.3) is 0 Å². The Bertz CT molecular complexity index is 1180. The molecule has 1 aliphatic heterocycles. The van der Waals surface area contributed by atoms with Crippen LogP contribution in [-0.4, -0.2) is 23.8 Å². The Morgan fingerprint density at radius 3 is 2.69 bits per heavy atom. The molecule has 0 radical (unpaired) electrons. The maximum absolute atomic E-state index is 5.41. The van der Waals surface area contributed by atoms with Crippen molar-refractivity contribution in [1.29, 1.82) is 0 Å². The quantitative estimate of drug-likeness (QED) is 0.306. The van der Waals surface area contributed by atoms with Gasteiger partial charge in [-0.15, -0.1) is 11.3 Å². The van der Waals surface area contributed by atoms with Crippen molar-refractivity contribution in [3.63, 3.8) is 0 Å². The van der Waals surface area contributed by atoms with Gasteiger partial charge in [-0.05, 0) is 48.0 Å². The second kappa shape index (κ2) is 7.73. The molecule has 1 aliphatic rings. The average molecular weight is 400 g/mol. The van der Waals surface area contributed by atoms with Crippen LogP contribution in [0.15, 0.2) is 82.9 Å². The van der Waals surface area contributed by atoms with E-state index in [1.165, 1.54) is 0 Å². The molecule has 0 saturated carbocycles. The summed E-state index contributed by atoms with van der Waals surface area (Å²) >= 11 is 1.57. The molecule has 0 bridgehead atoms. The van der Waals surface area contributed by atoms with Gasteiger partial charge in [-0.2, -0.15) is 5.10 Å². The van der Waals surface area contributed by atoms with E-state index in [0.29, 0.717) is 5.84 Å². The topological polar surface area (TPSA) is 68.1 Å². The number of nitrogens with zero attached hydrogens (tertiary/aromatic N) is 3. The summed E-state index contributed by atoms with van der Waals surface area (Å²) in [4.78, 5) is 9.41. The van der Waals surface area contributed by atoms with E-state index < -0.39 is 0 Å². The van der Waals surface area contributed by atoms with Gasteiger partial charge in [-0.3, -0.25) is 5.43 Å². The van der Waals surface area contributed by atoms with Gasteiger partial charge in [0.05, 0.1) is 22.1 Å². The van der Waals surface area contributed by atoms with E-state index in [0.717, 1.165) is 38.0 Å². The van der Waals surface area contributed by atoms with Crippen LogP contribution in [-0.2, 0) is 0 Å². The van der Waals surface area contributed by atoms with Crippen molar-refractivity contribution in [3.05, 3.63) is 83.4 Å². The molecular weight excluding hydrogens is 384 g/mol. The second-order valence-electron chi connectivity index (χ2n) is 6.27. The average Bonchev–Trinajstić information content (AvgIpc) is 3.40. The number of amidine groups is 1. The van der Waals surface area contributed by atoms with Gasteiger partial charge in [-0.1, -0.05) is 30.3 Å². The van der Waals surface area contributed by atoms with Crippen molar-refractivity contribution in [2.75, 3.05) is 6.79 Å². The molecule has 0 spiro atoms. The van der Waals surface area contributed by atoms with Crippen LogP contribution in [0.25, 0.3) is 10.2 Å². The molecule has 6 nitrogen and oxygen atoms in total. The van der Waals surface area contributed by atoms with Gasteiger partial charge >= 0.3 is 0 Å². The fourth-order valence-corrected chi connectivity index (χ4v) is 3.79. The minimum atomic E-state index is 0.250. The van der Waals surface area contributed by atoms with Crippen LogP contribution in [0.1, 0.15) is 10.6 Å². The van der Waals surface area contributed by atoms with Crippen molar-refractivity contribution in [2.24, 2.45) is 10.1 Å². The normalized spacial score (nSPS) is 13.3. The lowest BCUT2D eigenvalue weighted by atomic mass is 10.2. The van der Waals surface area contributed by atoms with Crippen LogP contribution in [0.4, 0.5) is 5.69 Å². The van der Waals surface area contributed by atoms with Gasteiger partial charge in [0.15, 0.2) is 22.3 Å². The molecule has 0 aliphatic carbocycles. The van der Waals surface area contributed by atoms with Crippen LogP contribution in [0.2, 0.25) is 0 Å². The molecule has 0 amide bonds. The number of thiazole rings is 1. The first kappa shape index (κ1) is 17.4. The van der Waals surface area contributed by atoms with Gasteiger partial charge < -0.3 is 9.47 Å². The van der Waals surface area contributed by atoms with E-state index in [-0.39, 0.29) is 6.79 Å². The second-order valence-corrected chi connectivity index (χ2v) is 7.30. The van der Waals surface area contributed by atoms with Crippen molar-refractivity contribution in [3.8, 4) is 11.5 Å². The molecule has 29 heavy (non-hydrogen) atoms. The number of nitrogens with one attached hydrogen (secondary N) is 1. The zero-order valence-electron chi connectivity index (χ0n) is 15.3. The largest absolute Gasteiger partial charge is 0.454 e. The van der Waals surface area contributed by atoms with Gasteiger partial charge in [0, 0.05) is 0 Å². The van der Waals surface area contributed by atoms with Crippen LogP contribution < -0.4 is 14.9 Å². The first-order valence-electron chi connectivity index (χ1n) is 9.03. The lowest BCUT2D eigenvalue weighted by Crippen LogP contribution is -2.18. The highest BCUT2D eigenvalue weighted by atomic mass is 32.1. The monoisotopic (exact) mass is 400 g/mol. The van der Waals surface area contributed by atoms with Crippen molar-refractivity contribution in [1.82, 2.24) is 10.4 Å². The number of fused-ring (bicyclic) bond motifs is 2. The van der Waals surface area contributed by atoms with E-state index >= 15 is 0 Å². The first-order valence-corrected chi connectivity index (χ1v) is 9.85. The van der Waals surface area contributed by atoms with E-state index in [2.05, 4.69) is 10.5 Å². The molecule has 3 aromatic carbocycles. The van der Waals surface area contributed by atoms with E-state index in [1.807, 2.05) is 72.8 Å². The SMILES string of the molecule is C(=N\NC(=Nc1ccccc1)c1nc2ccccc2s1)/c1ccc2c(c1)OCO2. The summed E-state index contributed by atoms with van der Waals surface area (Å²) in [6.07, 6.45) is 1.72. The Morgan fingerprint density at radius 1 is 0.966 bits per heavy atom. The van der Waals surface area contributed by atoms with Crippen molar-refractivity contribution >= 4 is 39.3 Å². The van der Waals surface area contributed by atoms with Crippen LogP contribution in [0, 0.1) is 0 Å². The maximum Gasteiger partial charge on any atom is 0.231 e. The molecular formula is C22H16N4O2S. The van der Waals surface area contributed by atoms with E-state index in [9.17, 15) is 0 Å². The smallest absolute Gasteiger partial charge is 0.231 e. The molecule has 4 aromatic rings. The summed E-state index contributed by atoms with van der Waals surface area (Å²) in [7, 11) is 0. The number of benzene rings is 3. The van der Waals surface area contributed by atoms with Gasteiger partial charge in [0.1, 0.15) is 0 Å². The van der Waals surface area contributed by atoms with E-state index in [1.54, 1.807) is 17.6 Å². The standard InChI is InChI=1S/C22H16N4O2S/c1-2-6-16(7-3-1)24-21(22-25-17-8-4-5-9-20(17)29-22)26-23-13-15-10-11-18-19(12-15)28-14-27-18/h1-13H,14H2,(H,24,26)/b23-13+. The Hall–Kier alpha value is -3.71. The Morgan fingerprint density at radius 2 is 1.79 bits per heavy atom. The number of aliphatic imine (C=N–C) groups is 1. The summed E-state index contributed by atoms with van der Waals surface area (Å²) in [5.74, 6) is 2.06. The summed E-state index contributed by atoms with van der Waals surface area (Å²) in [6.45, 7) is 0.250. The predicted molar refractivity (Wildman–Crippen MR) is 116 cm³/mol. The van der Waals surface area contributed by atoms with Crippen molar-refractivity contribution in [2.45, 2.75) is 0 Å². The molecule has 0 atom stereocenters. The highest BCUT2D eigenvalue weighted by Crippen LogP contribution is 2.32. The van der Waals surface area contributed by atoms with Gasteiger partial charge in [0.2, 0.25) is 6.79 Å². The van der Waals surface area contributed by atoms with Crippen LogP contribution in [0.3, 0.4) is 0 Å². The fourth-order valence-electron chi connectivity index (χ4n) is 2.89. The maximum atomic E-state index is 5.41. The number of hydrogen-bond donors (Lipinski definition) is 1. The Labute approximate surface area is 171 Å². The third-order valence-corrected chi connectivity index (χ3v) is 5.32. The lowest BCUT2D eigenvalue weighted by molar-refractivity contribution is 0.174.